The summed E-state index contributed by atoms with van der Waals surface area (Å²) in [5.41, 5.74) is 1.23. The van der Waals surface area contributed by atoms with E-state index in [1.165, 1.54) is 5.56 Å². The van der Waals surface area contributed by atoms with Crippen molar-refractivity contribution in [3.05, 3.63) is 52.5 Å². The van der Waals surface area contributed by atoms with E-state index < -0.39 is 0 Å². The summed E-state index contributed by atoms with van der Waals surface area (Å²) in [5, 5.41) is 3.44. The Morgan fingerprint density at radius 1 is 1.14 bits per heavy atom. The SMILES string of the molecule is CC(C)N(Cc1ccccc1)c1nc(Cl)c2ccsc2n1. The monoisotopic (exact) mass is 317 g/mol. The van der Waals surface area contributed by atoms with Gasteiger partial charge in [0, 0.05) is 18.0 Å². The fraction of sp³-hybridized carbons (Fsp3) is 0.250. The van der Waals surface area contributed by atoms with Gasteiger partial charge in [-0.15, -0.1) is 11.3 Å². The minimum atomic E-state index is 0.290. The zero-order valence-electron chi connectivity index (χ0n) is 12.0. The number of hydrogen-bond donors (Lipinski definition) is 0. The Balaban J connectivity index is 1.99. The Bertz CT molecular complexity index is 740. The second-order valence-electron chi connectivity index (χ2n) is 5.16. The van der Waals surface area contributed by atoms with E-state index in [1.807, 2.05) is 29.6 Å². The predicted octanol–water partition coefficient (Wildman–Crippen LogP) is 4.76. The molecule has 3 nitrogen and oxygen atoms in total. The quantitative estimate of drug-likeness (QED) is 0.650. The van der Waals surface area contributed by atoms with Crippen molar-refractivity contribution >= 4 is 39.1 Å². The van der Waals surface area contributed by atoms with Crippen LogP contribution < -0.4 is 4.90 Å². The van der Waals surface area contributed by atoms with Gasteiger partial charge in [-0.3, -0.25) is 0 Å². The van der Waals surface area contributed by atoms with Gasteiger partial charge in [-0.25, -0.2) is 9.97 Å². The lowest BCUT2D eigenvalue weighted by molar-refractivity contribution is 0.663. The first kappa shape index (κ1) is 14.3. The molecule has 0 unspecified atom stereocenters. The number of thiophene rings is 1. The van der Waals surface area contributed by atoms with Crippen molar-refractivity contribution in [2.45, 2.75) is 26.4 Å². The maximum Gasteiger partial charge on any atom is 0.228 e. The van der Waals surface area contributed by atoms with Gasteiger partial charge in [0.05, 0.1) is 0 Å². The number of anilines is 1. The third kappa shape index (κ3) is 3.01. The molecule has 3 rings (SSSR count). The number of halogens is 1. The molecule has 0 fully saturated rings. The molecule has 0 aliphatic carbocycles. The number of benzene rings is 1. The maximum atomic E-state index is 6.28. The molecular weight excluding hydrogens is 302 g/mol. The molecule has 108 valence electrons. The molecule has 0 atom stereocenters. The molecule has 1 aromatic carbocycles. The lowest BCUT2D eigenvalue weighted by Gasteiger charge is -2.27. The average molecular weight is 318 g/mol. The summed E-state index contributed by atoms with van der Waals surface area (Å²) in [6, 6.07) is 12.6. The molecule has 0 saturated heterocycles. The van der Waals surface area contributed by atoms with Crippen molar-refractivity contribution in [2.24, 2.45) is 0 Å². The highest BCUT2D eigenvalue weighted by Crippen LogP contribution is 2.28. The number of hydrogen-bond acceptors (Lipinski definition) is 4. The molecule has 0 amide bonds. The number of rotatable bonds is 4. The molecule has 0 spiro atoms. The van der Waals surface area contributed by atoms with Gasteiger partial charge in [0.1, 0.15) is 9.98 Å². The van der Waals surface area contributed by atoms with E-state index >= 15 is 0 Å². The number of fused-ring (bicyclic) bond motifs is 1. The van der Waals surface area contributed by atoms with Gasteiger partial charge in [0.2, 0.25) is 5.95 Å². The molecule has 0 N–H and O–H groups in total. The number of nitrogens with zero attached hydrogens (tertiary/aromatic N) is 3. The molecule has 2 heterocycles. The highest BCUT2D eigenvalue weighted by Gasteiger charge is 2.17. The maximum absolute atomic E-state index is 6.28. The predicted molar refractivity (Wildman–Crippen MR) is 90.2 cm³/mol. The van der Waals surface area contributed by atoms with Gasteiger partial charge in [-0.05, 0) is 30.9 Å². The summed E-state index contributed by atoms with van der Waals surface area (Å²) in [6.45, 7) is 5.05. The smallest absolute Gasteiger partial charge is 0.228 e. The Labute approximate surface area is 133 Å². The molecule has 0 aliphatic rings. The molecule has 0 aliphatic heterocycles. The third-order valence-electron chi connectivity index (χ3n) is 3.34. The number of aromatic nitrogens is 2. The van der Waals surface area contributed by atoms with Gasteiger partial charge in [0.25, 0.3) is 0 Å². The summed E-state index contributed by atoms with van der Waals surface area (Å²) in [6.07, 6.45) is 0. The summed E-state index contributed by atoms with van der Waals surface area (Å²) >= 11 is 7.87. The Morgan fingerprint density at radius 2 is 1.90 bits per heavy atom. The summed E-state index contributed by atoms with van der Waals surface area (Å²) in [4.78, 5) is 12.2. The van der Waals surface area contributed by atoms with Crippen molar-refractivity contribution in [3.8, 4) is 0 Å². The zero-order chi connectivity index (χ0) is 14.8. The van der Waals surface area contributed by atoms with Gasteiger partial charge >= 0.3 is 0 Å². The average Bonchev–Trinajstić information content (AvgIpc) is 2.94. The molecule has 5 heteroatoms. The normalized spacial score (nSPS) is 11.2. The fourth-order valence-corrected chi connectivity index (χ4v) is 3.24. The minimum Gasteiger partial charge on any atom is -0.334 e. The Kier molecular flexibility index (Phi) is 4.08. The van der Waals surface area contributed by atoms with Crippen molar-refractivity contribution in [1.29, 1.82) is 0 Å². The van der Waals surface area contributed by atoms with E-state index in [2.05, 4.69) is 40.8 Å². The first-order valence-electron chi connectivity index (χ1n) is 6.86. The summed E-state index contributed by atoms with van der Waals surface area (Å²) in [7, 11) is 0. The van der Waals surface area contributed by atoms with Crippen LogP contribution in [0.3, 0.4) is 0 Å². The lowest BCUT2D eigenvalue weighted by atomic mass is 10.2. The first-order chi connectivity index (χ1) is 10.1. The first-order valence-corrected chi connectivity index (χ1v) is 8.12. The Hall–Kier alpha value is -1.65. The molecule has 21 heavy (non-hydrogen) atoms. The fourth-order valence-electron chi connectivity index (χ4n) is 2.20. The summed E-state index contributed by atoms with van der Waals surface area (Å²) < 4.78 is 0. The van der Waals surface area contributed by atoms with E-state index in [4.69, 9.17) is 11.6 Å². The third-order valence-corrected chi connectivity index (χ3v) is 4.44. The molecule has 3 aromatic rings. The lowest BCUT2D eigenvalue weighted by Crippen LogP contribution is -2.31. The molecule has 0 bridgehead atoms. The van der Waals surface area contributed by atoms with Gasteiger partial charge in [0.15, 0.2) is 0 Å². The van der Waals surface area contributed by atoms with Crippen LogP contribution in [0.1, 0.15) is 19.4 Å². The van der Waals surface area contributed by atoms with Crippen molar-refractivity contribution < 1.29 is 0 Å². The van der Waals surface area contributed by atoms with E-state index in [-0.39, 0.29) is 0 Å². The largest absolute Gasteiger partial charge is 0.334 e. The molecule has 0 saturated carbocycles. The van der Waals surface area contributed by atoms with Crippen molar-refractivity contribution in [3.63, 3.8) is 0 Å². The molecular formula is C16H16ClN3S. The van der Waals surface area contributed by atoms with Crippen LogP contribution in [0.4, 0.5) is 5.95 Å². The van der Waals surface area contributed by atoms with Gasteiger partial charge in [-0.2, -0.15) is 0 Å². The Morgan fingerprint density at radius 3 is 2.62 bits per heavy atom. The van der Waals surface area contributed by atoms with Crippen LogP contribution in [0, 0.1) is 0 Å². The van der Waals surface area contributed by atoms with Crippen molar-refractivity contribution in [1.82, 2.24) is 9.97 Å². The molecule has 2 aromatic heterocycles. The van der Waals surface area contributed by atoms with Crippen LogP contribution in [0.25, 0.3) is 10.2 Å². The van der Waals surface area contributed by atoms with Crippen LogP contribution >= 0.6 is 22.9 Å². The highest BCUT2D eigenvalue weighted by atomic mass is 35.5. The second-order valence-corrected chi connectivity index (χ2v) is 6.41. The minimum absolute atomic E-state index is 0.290. The van der Waals surface area contributed by atoms with Crippen molar-refractivity contribution in [2.75, 3.05) is 4.90 Å². The van der Waals surface area contributed by atoms with E-state index in [9.17, 15) is 0 Å². The zero-order valence-corrected chi connectivity index (χ0v) is 13.5. The molecule has 0 radical (unpaired) electrons. The van der Waals surface area contributed by atoms with Gasteiger partial charge in [-0.1, -0.05) is 41.9 Å². The van der Waals surface area contributed by atoms with E-state index in [0.717, 1.165) is 16.8 Å². The summed E-state index contributed by atoms with van der Waals surface area (Å²) in [5.74, 6) is 0.689. The second kappa shape index (κ2) is 6.00. The highest BCUT2D eigenvalue weighted by molar-refractivity contribution is 7.16. The van der Waals surface area contributed by atoms with Crippen LogP contribution in [-0.2, 0) is 6.54 Å². The van der Waals surface area contributed by atoms with Crippen LogP contribution in [0.2, 0.25) is 5.15 Å². The van der Waals surface area contributed by atoms with Crippen LogP contribution in [0.15, 0.2) is 41.8 Å². The van der Waals surface area contributed by atoms with Crippen LogP contribution in [0.5, 0.6) is 0 Å². The standard InChI is InChI=1S/C16H16ClN3S/c1-11(2)20(10-12-6-4-3-5-7-12)16-18-14(17)13-8-9-21-15(13)19-16/h3-9,11H,10H2,1-2H3. The topological polar surface area (TPSA) is 29.0 Å². The van der Waals surface area contributed by atoms with Crippen LogP contribution in [-0.4, -0.2) is 16.0 Å². The van der Waals surface area contributed by atoms with E-state index in [1.54, 1.807) is 11.3 Å². The van der Waals surface area contributed by atoms with Gasteiger partial charge < -0.3 is 4.90 Å². The van der Waals surface area contributed by atoms with E-state index in [0.29, 0.717) is 17.1 Å².